The standard InChI is InChI=1S/C17H26N2O3S/c1-18(7-8-20)9-14-10-19(11-15(14)12-21)17(22)13-23-16-5-3-2-4-6-16/h2-6,14-15,20-21H,7-13H2,1H3/t14-,15-/m1/s1. The molecule has 1 saturated heterocycles. The number of likely N-dealkylation sites (tertiary alicyclic amines) is 1. The van der Waals surface area contributed by atoms with Crippen molar-refractivity contribution in [2.45, 2.75) is 4.90 Å². The number of likely N-dealkylation sites (N-methyl/N-ethyl adjacent to an activating group) is 1. The molecule has 23 heavy (non-hydrogen) atoms. The van der Waals surface area contributed by atoms with E-state index < -0.39 is 0 Å². The number of aliphatic hydroxyl groups excluding tert-OH is 2. The van der Waals surface area contributed by atoms with E-state index in [0.29, 0.717) is 25.4 Å². The zero-order valence-corrected chi connectivity index (χ0v) is 14.4. The molecule has 1 aliphatic rings. The summed E-state index contributed by atoms with van der Waals surface area (Å²) in [6.45, 7) is 2.96. The van der Waals surface area contributed by atoms with E-state index in [-0.39, 0.29) is 31.0 Å². The van der Waals surface area contributed by atoms with Gasteiger partial charge in [0.1, 0.15) is 0 Å². The summed E-state index contributed by atoms with van der Waals surface area (Å²) in [7, 11) is 1.96. The first kappa shape index (κ1) is 18.3. The van der Waals surface area contributed by atoms with Crippen molar-refractivity contribution in [1.82, 2.24) is 9.80 Å². The average Bonchev–Trinajstić information content (AvgIpc) is 2.96. The van der Waals surface area contributed by atoms with Crippen LogP contribution in [-0.2, 0) is 4.79 Å². The van der Waals surface area contributed by atoms with Crippen molar-refractivity contribution >= 4 is 17.7 Å². The van der Waals surface area contributed by atoms with E-state index in [9.17, 15) is 9.90 Å². The fourth-order valence-corrected chi connectivity index (χ4v) is 3.79. The highest BCUT2D eigenvalue weighted by Crippen LogP contribution is 2.25. The number of hydrogen-bond donors (Lipinski definition) is 2. The third kappa shape index (κ3) is 5.49. The van der Waals surface area contributed by atoms with Crippen LogP contribution in [0.5, 0.6) is 0 Å². The van der Waals surface area contributed by atoms with Gasteiger partial charge in [-0.15, -0.1) is 11.8 Å². The Balaban J connectivity index is 1.84. The maximum absolute atomic E-state index is 12.4. The first-order valence-electron chi connectivity index (χ1n) is 8.00. The predicted octanol–water partition coefficient (Wildman–Crippen LogP) is 0.770. The lowest BCUT2D eigenvalue weighted by molar-refractivity contribution is -0.127. The summed E-state index contributed by atoms with van der Waals surface area (Å²) >= 11 is 1.55. The molecule has 1 aromatic rings. The van der Waals surface area contributed by atoms with Gasteiger partial charge >= 0.3 is 0 Å². The Morgan fingerprint density at radius 3 is 2.61 bits per heavy atom. The molecule has 1 heterocycles. The number of rotatable bonds is 8. The summed E-state index contributed by atoms with van der Waals surface area (Å²) in [6, 6.07) is 9.91. The van der Waals surface area contributed by atoms with Gasteiger partial charge in [-0.1, -0.05) is 18.2 Å². The number of nitrogens with zero attached hydrogens (tertiary/aromatic N) is 2. The quantitative estimate of drug-likeness (QED) is 0.686. The zero-order chi connectivity index (χ0) is 16.7. The second-order valence-corrected chi connectivity index (χ2v) is 7.14. The highest BCUT2D eigenvalue weighted by molar-refractivity contribution is 8.00. The van der Waals surface area contributed by atoms with Crippen LogP contribution in [0.25, 0.3) is 0 Å². The molecule has 0 aromatic heterocycles. The number of carbonyl (C=O) groups is 1. The summed E-state index contributed by atoms with van der Waals surface area (Å²) in [4.78, 5) is 17.4. The van der Waals surface area contributed by atoms with Crippen molar-refractivity contribution in [3.05, 3.63) is 30.3 Å². The monoisotopic (exact) mass is 338 g/mol. The topological polar surface area (TPSA) is 64.0 Å². The summed E-state index contributed by atoms with van der Waals surface area (Å²) in [5.41, 5.74) is 0. The summed E-state index contributed by atoms with van der Waals surface area (Å²) < 4.78 is 0. The number of hydrogen-bond acceptors (Lipinski definition) is 5. The maximum atomic E-state index is 12.4. The normalized spacial score (nSPS) is 21.1. The van der Waals surface area contributed by atoms with Crippen LogP contribution in [0.4, 0.5) is 0 Å². The van der Waals surface area contributed by atoms with E-state index in [4.69, 9.17) is 5.11 Å². The largest absolute Gasteiger partial charge is 0.396 e. The first-order valence-corrected chi connectivity index (χ1v) is 8.98. The lowest BCUT2D eigenvalue weighted by Crippen LogP contribution is -2.34. The molecule has 5 nitrogen and oxygen atoms in total. The van der Waals surface area contributed by atoms with E-state index in [2.05, 4.69) is 4.90 Å². The molecule has 2 atom stereocenters. The lowest BCUT2D eigenvalue weighted by Gasteiger charge is -2.23. The molecule has 128 valence electrons. The van der Waals surface area contributed by atoms with Crippen molar-refractivity contribution < 1.29 is 15.0 Å². The van der Waals surface area contributed by atoms with E-state index in [1.54, 1.807) is 11.8 Å². The Morgan fingerprint density at radius 1 is 1.26 bits per heavy atom. The van der Waals surface area contributed by atoms with Gasteiger partial charge in [-0.2, -0.15) is 0 Å². The highest BCUT2D eigenvalue weighted by Gasteiger charge is 2.35. The van der Waals surface area contributed by atoms with Crippen molar-refractivity contribution in [2.75, 3.05) is 52.2 Å². The molecule has 1 aliphatic heterocycles. The highest BCUT2D eigenvalue weighted by atomic mass is 32.2. The van der Waals surface area contributed by atoms with E-state index in [1.807, 2.05) is 42.3 Å². The van der Waals surface area contributed by atoms with E-state index in [1.165, 1.54) is 0 Å². The third-order valence-electron chi connectivity index (χ3n) is 4.30. The Morgan fingerprint density at radius 2 is 1.96 bits per heavy atom. The molecule has 0 unspecified atom stereocenters. The van der Waals surface area contributed by atoms with Crippen LogP contribution in [0.2, 0.25) is 0 Å². The van der Waals surface area contributed by atoms with Gasteiger partial charge in [0, 0.05) is 43.6 Å². The van der Waals surface area contributed by atoms with Crippen LogP contribution >= 0.6 is 11.8 Å². The van der Waals surface area contributed by atoms with Gasteiger partial charge in [-0.25, -0.2) is 0 Å². The smallest absolute Gasteiger partial charge is 0.232 e. The molecule has 0 bridgehead atoms. The second-order valence-electron chi connectivity index (χ2n) is 6.09. The van der Waals surface area contributed by atoms with E-state index in [0.717, 1.165) is 11.4 Å². The van der Waals surface area contributed by atoms with E-state index >= 15 is 0 Å². The Labute approximate surface area is 142 Å². The number of aliphatic hydroxyl groups is 2. The first-order chi connectivity index (χ1) is 11.1. The summed E-state index contributed by atoms with van der Waals surface area (Å²) in [5.74, 6) is 0.954. The molecule has 0 aliphatic carbocycles. The molecule has 1 fully saturated rings. The van der Waals surface area contributed by atoms with Gasteiger partial charge in [0.05, 0.1) is 12.4 Å². The van der Waals surface area contributed by atoms with Crippen LogP contribution in [-0.4, -0.2) is 78.1 Å². The number of amides is 1. The number of thioether (sulfide) groups is 1. The van der Waals surface area contributed by atoms with Crippen LogP contribution in [0.3, 0.4) is 0 Å². The molecule has 0 spiro atoms. The van der Waals surface area contributed by atoms with Crippen molar-refractivity contribution in [3.8, 4) is 0 Å². The molecular weight excluding hydrogens is 312 g/mol. The number of benzene rings is 1. The Bertz CT molecular complexity index is 486. The molecule has 2 rings (SSSR count). The maximum Gasteiger partial charge on any atom is 0.232 e. The van der Waals surface area contributed by atoms with Gasteiger partial charge in [0.25, 0.3) is 0 Å². The minimum Gasteiger partial charge on any atom is -0.396 e. The minimum absolute atomic E-state index is 0.104. The van der Waals surface area contributed by atoms with Crippen LogP contribution < -0.4 is 0 Å². The van der Waals surface area contributed by atoms with Gasteiger partial charge in [-0.3, -0.25) is 4.79 Å². The van der Waals surface area contributed by atoms with Crippen LogP contribution in [0.15, 0.2) is 35.2 Å². The van der Waals surface area contributed by atoms with Crippen molar-refractivity contribution in [1.29, 1.82) is 0 Å². The fraction of sp³-hybridized carbons (Fsp3) is 0.588. The zero-order valence-electron chi connectivity index (χ0n) is 13.6. The molecule has 6 heteroatoms. The van der Waals surface area contributed by atoms with Crippen molar-refractivity contribution in [2.24, 2.45) is 11.8 Å². The Hall–Kier alpha value is -1.08. The SMILES string of the molecule is CN(CCO)C[C@@H]1CN(C(=O)CSc2ccccc2)C[C@@H]1CO. The van der Waals surface area contributed by atoms with Crippen molar-refractivity contribution in [3.63, 3.8) is 0 Å². The minimum atomic E-state index is 0.104. The molecular formula is C17H26N2O3S. The van der Waals surface area contributed by atoms with Gasteiger partial charge in [0.15, 0.2) is 0 Å². The van der Waals surface area contributed by atoms with Crippen LogP contribution in [0, 0.1) is 11.8 Å². The molecule has 1 amide bonds. The fourth-order valence-electron chi connectivity index (χ4n) is 2.97. The van der Waals surface area contributed by atoms with Crippen LogP contribution in [0.1, 0.15) is 0 Å². The van der Waals surface area contributed by atoms with Gasteiger partial charge in [-0.05, 0) is 25.1 Å². The molecule has 0 saturated carbocycles. The van der Waals surface area contributed by atoms with Gasteiger partial charge < -0.3 is 20.0 Å². The predicted molar refractivity (Wildman–Crippen MR) is 92.4 cm³/mol. The average molecular weight is 338 g/mol. The number of carbonyl (C=O) groups excluding carboxylic acids is 1. The molecule has 1 aromatic carbocycles. The molecule has 2 N–H and O–H groups in total. The third-order valence-corrected chi connectivity index (χ3v) is 5.29. The lowest BCUT2D eigenvalue weighted by atomic mass is 9.96. The molecule has 0 radical (unpaired) electrons. The Kier molecular flexibility index (Phi) is 7.36. The van der Waals surface area contributed by atoms with Gasteiger partial charge in [0.2, 0.25) is 5.91 Å². The summed E-state index contributed by atoms with van der Waals surface area (Å²) in [6.07, 6.45) is 0. The summed E-state index contributed by atoms with van der Waals surface area (Å²) in [5, 5.41) is 18.6. The second kappa shape index (κ2) is 9.27.